The molecule has 0 aliphatic carbocycles. The molecule has 0 aliphatic rings. The zero-order valence-corrected chi connectivity index (χ0v) is 21.5. The van der Waals surface area contributed by atoms with Crippen LogP contribution in [0.25, 0.3) is 0 Å². The molecule has 0 saturated heterocycles. The van der Waals surface area contributed by atoms with Gasteiger partial charge in [0.2, 0.25) is 15.6 Å². The maximum absolute atomic E-state index is 13.8. The lowest BCUT2D eigenvalue weighted by Gasteiger charge is -2.11. The standard InChI is InChI=1S/C27H26N2O4S2/c1-16-9-14-21(18(3)15-16)24(30)25-23(28)26(27(34-25)29-22-8-6-5-7-17(22)2)35(31,32)20-12-10-19(33-4)11-13-20/h5-15,29H,28H2,1-4H3. The Hall–Kier alpha value is -3.62. The lowest BCUT2D eigenvalue weighted by Crippen LogP contribution is -2.09. The van der Waals surface area contributed by atoms with E-state index in [9.17, 15) is 13.2 Å². The highest BCUT2D eigenvalue weighted by Crippen LogP contribution is 2.44. The van der Waals surface area contributed by atoms with E-state index in [0.717, 1.165) is 33.7 Å². The number of benzene rings is 3. The number of nitrogens with two attached hydrogens (primary N) is 1. The summed E-state index contributed by atoms with van der Waals surface area (Å²) in [4.78, 5) is 13.7. The first-order valence-electron chi connectivity index (χ1n) is 10.9. The largest absolute Gasteiger partial charge is 0.497 e. The van der Waals surface area contributed by atoms with Crippen LogP contribution in [-0.4, -0.2) is 21.3 Å². The van der Waals surface area contributed by atoms with Crippen LogP contribution in [0.3, 0.4) is 0 Å². The van der Waals surface area contributed by atoms with Gasteiger partial charge in [0.25, 0.3) is 0 Å². The third kappa shape index (κ3) is 4.67. The van der Waals surface area contributed by atoms with Gasteiger partial charge in [-0.25, -0.2) is 8.42 Å². The molecule has 8 heteroatoms. The zero-order chi connectivity index (χ0) is 25.3. The van der Waals surface area contributed by atoms with Gasteiger partial charge in [-0.15, -0.1) is 11.3 Å². The molecule has 35 heavy (non-hydrogen) atoms. The van der Waals surface area contributed by atoms with Crippen LogP contribution in [0.5, 0.6) is 5.75 Å². The minimum atomic E-state index is -4.05. The van der Waals surface area contributed by atoms with Crippen molar-refractivity contribution >= 4 is 43.3 Å². The van der Waals surface area contributed by atoms with Gasteiger partial charge in [-0.1, -0.05) is 42.0 Å². The van der Waals surface area contributed by atoms with E-state index in [1.165, 1.54) is 19.2 Å². The summed E-state index contributed by atoms with van der Waals surface area (Å²) in [5.74, 6) is 0.222. The van der Waals surface area contributed by atoms with Crippen LogP contribution in [-0.2, 0) is 9.84 Å². The molecule has 6 nitrogen and oxygen atoms in total. The first kappa shape index (κ1) is 24.5. The molecule has 3 aromatic carbocycles. The predicted octanol–water partition coefficient (Wildman–Crippen LogP) is 6.07. The zero-order valence-electron chi connectivity index (χ0n) is 19.9. The summed E-state index contributed by atoms with van der Waals surface area (Å²) in [6.07, 6.45) is 0. The Kier molecular flexibility index (Phi) is 6.69. The van der Waals surface area contributed by atoms with Crippen molar-refractivity contribution in [3.05, 3.63) is 93.9 Å². The molecule has 0 spiro atoms. The SMILES string of the molecule is COc1ccc(S(=O)(=O)c2c(Nc3ccccc3C)sc(C(=O)c3ccc(C)cc3C)c2N)cc1. The van der Waals surface area contributed by atoms with Crippen LogP contribution in [0.4, 0.5) is 16.4 Å². The number of para-hydroxylation sites is 1. The normalized spacial score (nSPS) is 11.3. The highest BCUT2D eigenvalue weighted by atomic mass is 32.2. The Morgan fingerprint density at radius 3 is 2.26 bits per heavy atom. The van der Waals surface area contributed by atoms with Crippen molar-refractivity contribution < 1.29 is 17.9 Å². The summed E-state index contributed by atoms with van der Waals surface area (Å²) in [5.41, 5.74) is 10.3. The number of carbonyl (C=O) groups excluding carboxylic acids is 1. The topological polar surface area (TPSA) is 98.5 Å². The first-order chi connectivity index (χ1) is 16.6. The second-order valence-electron chi connectivity index (χ2n) is 8.27. The predicted molar refractivity (Wildman–Crippen MR) is 141 cm³/mol. The molecule has 0 radical (unpaired) electrons. The maximum Gasteiger partial charge on any atom is 0.211 e. The molecule has 4 aromatic rings. The highest BCUT2D eigenvalue weighted by Gasteiger charge is 2.32. The van der Waals surface area contributed by atoms with Crippen molar-refractivity contribution in [3.8, 4) is 5.75 Å². The Bertz CT molecular complexity index is 1520. The van der Waals surface area contributed by atoms with Crippen molar-refractivity contribution in [1.82, 2.24) is 0 Å². The maximum atomic E-state index is 13.8. The van der Waals surface area contributed by atoms with Crippen LogP contribution < -0.4 is 15.8 Å². The fourth-order valence-corrected chi connectivity index (χ4v) is 6.76. The summed E-state index contributed by atoms with van der Waals surface area (Å²) < 4.78 is 32.7. The molecule has 4 rings (SSSR count). The van der Waals surface area contributed by atoms with Gasteiger partial charge >= 0.3 is 0 Å². The Morgan fingerprint density at radius 2 is 1.63 bits per heavy atom. The average molecular weight is 507 g/mol. The van der Waals surface area contributed by atoms with Crippen molar-refractivity contribution in [1.29, 1.82) is 0 Å². The fourth-order valence-electron chi connectivity index (χ4n) is 3.85. The lowest BCUT2D eigenvalue weighted by molar-refractivity contribution is 0.104. The minimum absolute atomic E-state index is 0.0566. The second kappa shape index (κ2) is 9.56. The Labute approximate surface area is 209 Å². The van der Waals surface area contributed by atoms with Crippen molar-refractivity contribution in [2.75, 3.05) is 18.2 Å². The number of hydrogen-bond acceptors (Lipinski definition) is 7. The van der Waals surface area contributed by atoms with Crippen LogP contribution in [0.1, 0.15) is 31.9 Å². The van der Waals surface area contributed by atoms with Crippen molar-refractivity contribution in [3.63, 3.8) is 0 Å². The summed E-state index contributed by atoms with van der Waals surface area (Å²) in [7, 11) is -2.55. The number of carbonyl (C=O) groups is 1. The van der Waals surface area contributed by atoms with Crippen LogP contribution >= 0.6 is 11.3 Å². The van der Waals surface area contributed by atoms with E-state index in [2.05, 4.69) is 5.32 Å². The first-order valence-corrected chi connectivity index (χ1v) is 13.2. The van der Waals surface area contributed by atoms with E-state index in [1.54, 1.807) is 18.2 Å². The molecular formula is C27H26N2O4S2. The molecule has 0 unspecified atom stereocenters. The van der Waals surface area contributed by atoms with E-state index in [-0.39, 0.29) is 26.1 Å². The van der Waals surface area contributed by atoms with Gasteiger partial charge < -0.3 is 15.8 Å². The number of anilines is 3. The molecular weight excluding hydrogens is 480 g/mol. The summed E-state index contributed by atoms with van der Waals surface area (Å²) >= 11 is 1.05. The van der Waals surface area contributed by atoms with E-state index in [1.807, 2.05) is 57.2 Å². The molecule has 0 aliphatic heterocycles. The second-order valence-corrected chi connectivity index (χ2v) is 11.2. The van der Waals surface area contributed by atoms with Crippen LogP contribution in [0.15, 0.2) is 76.5 Å². The van der Waals surface area contributed by atoms with E-state index < -0.39 is 9.84 Å². The quantitative estimate of drug-likeness (QED) is 0.295. The molecule has 0 atom stereocenters. The van der Waals surface area contributed by atoms with Gasteiger partial charge in [0, 0.05) is 11.3 Å². The summed E-state index contributed by atoms with van der Waals surface area (Å²) in [5, 5.41) is 3.51. The smallest absolute Gasteiger partial charge is 0.211 e. The molecule has 3 N–H and O–H groups in total. The molecule has 1 heterocycles. The molecule has 0 saturated carbocycles. The van der Waals surface area contributed by atoms with Gasteiger partial charge in [0.15, 0.2) is 0 Å². The number of ketones is 1. The summed E-state index contributed by atoms with van der Waals surface area (Å²) in [6, 6.07) is 19.1. The number of nitrogens with one attached hydrogen (secondary N) is 1. The third-order valence-electron chi connectivity index (χ3n) is 5.76. The van der Waals surface area contributed by atoms with Crippen LogP contribution in [0, 0.1) is 20.8 Å². The van der Waals surface area contributed by atoms with E-state index in [0.29, 0.717) is 16.3 Å². The number of ether oxygens (including phenoxy) is 1. The molecule has 0 bridgehead atoms. The number of methoxy groups -OCH3 is 1. The lowest BCUT2D eigenvalue weighted by atomic mass is 10.0. The number of nitrogen functional groups attached to an aromatic ring is 1. The van der Waals surface area contributed by atoms with E-state index in [4.69, 9.17) is 10.5 Å². The van der Waals surface area contributed by atoms with Crippen molar-refractivity contribution in [2.45, 2.75) is 30.6 Å². The number of hydrogen-bond donors (Lipinski definition) is 2. The average Bonchev–Trinajstić information content (AvgIpc) is 3.16. The monoisotopic (exact) mass is 506 g/mol. The van der Waals surface area contributed by atoms with Gasteiger partial charge in [0.05, 0.1) is 17.7 Å². The van der Waals surface area contributed by atoms with Crippen LogP contribution in [0.2, 0.25) is 0 Å². The minimum Gasteiger partial charge on any atom is -0.497 e. The number of rotatable bonds is 7. The Morgan fingerprint density at radius 1 is 0.943 bits per heavy atom. The van der Waals surface area contributed by atoms with Gasteiger partial charge in [-0.05, 0) is 62.2 Å². The molecule has 0 amide bonds. The number of sulfone groups is 1. The van der Waals surface area contributed by atoms with Gasteiger partial charge in [-0.2, -0.15) is 0 Å². The van der Waals surface area contributed by atoms with Gasteiger partial charge in [0.1, 0.15) is 20.5 Å². The molecule has 1 aromatic heterocycles. The molecule has 180 valence electrons. The number of aryl methyl sites for hydroxylation is 3. The van der Waals surface area contributed by atoms with Gasteiger partial charge in [-0.3, -0.25) is 4.79 Å². The summed E-state index contributed by atoms with van der Waals surface area (Å²) in [6.45, 7) is 5.72. The number of thiophene rings is 1. The highest BCUT2D eigenvalue weighted by molar-refractivity contribution is 7.92. The Balaban J connectivity index is 1.90. The van der Waals surface area contributed by atoms with Crippen molar-refractivity contribution in [2.24, 2.45) is 0 Å². The molecule has 0 fully saturated rings. The van der Waals surface area contributed by atoms with E-state index >= 15 is 0 Å². The fraction of sp³-hybridized carbons (Fsp3) is 0.148. The third-order valence-corrected chi connectivity index (χ3v) is 8.87.